The first kappa shape index (κ1) is 32.0. The standard InChI is InChI=1S/C38H31N3O6S/c1-4-46-37(43)33-34(25-10-6-5-7-11-25)40-38-41(35(33)26-15-17-29(44-2)18-16-26)36(42)32(48-38)21-24-14-19-30(31(20-24)45-3)47-23-28-13-9-8-12-27(28)22-39/h5-21,35H,4,23H2,1-3H3/b32-21-/t35-/m1/s1. The van der Waals surface area contributed by atoms with E-state index in [1.54, 1.807) is 68.2 Å². The van der Waals surface area contributed by atoms with Crippen molar-refractivity contribution in [3.63, 3.8) is 0 Å². The molecule has 1 aliphatic rings. The zero-order valence-corrected chi connectivity index (χ0v) is 27.3. The molecule has 48 heavy (non-hydrogen) atoms. The summed E-state index contributed by atoms with van der Waals surface area (Å²) in [5.74, 6) is 1.06. The van der Waals surface area contributed by atoms with Crippen molar-refractivity contribution in [3.8, 4) is 23.3 Å². The molecule has 1 atom stereocenters. The summed E-state index contributed by atoms with van der Waals surface area (Å²) in [5, 5.41) is 9.42. The first-order valence-corrected chi connectivity index (χ1v) is 16.0. The smallest absolute Gasteiger partial charge is 0.338 e. The van der Waals surface area contributed by atoms with E-state index >= 15 is 0 Å². The number of hydrogen-bond donors (Lipinski definition) is 0. The Balaban J connectivity index is 1.46. The van der Waals surface area contributed by atoms with Gasteiger partial charge in [0.05, 0.1) is 54.3 Å². The second-order valence-corrected chi connectivity index (χ2v) is 11.7. The number of rotatable bonds is 10. The SMILES string of the molecule is CCOC(=O)C1=C(c2ccccc2)N=c2s/c(=C\c3ccc(OCc4ccccc4C#N)c(OC)c3)c(=O)n2[C@@H]1c1ccc(OC)cc1. The Morgan fingerprint density at radius 3 is 2.42 bits per heavy atom. The second-order valence-electron chi connectivity index (χ2n) is 10.7. The minimum atomic E-state index is -0.801. The number of thiazole rings is 1. The molecule has 9 nitrogen and oxygen atoms in total. The monoisotopic (exact) mass is 657 g/mol. The van der Waals surface area contributed by atoms with Crippen molar-refractivity contribution in [3.05, 3.63) is 150 Å². The Labute approximate surface area is 280 Å². The lowest BCUT2D eigenvalue weighted by atomic mass is 9.93. The summed E-state index contributed by atoms with van der Waals surface area (Å²) in [5.41, 5.74) is 3.85. The number of aromatic nitrogens is 1. The molecule has 0 N–H and O–H groups in total. The number of esters is 1. The Hall–Kier alpha value is -5.92. The third-order valence-electron chi connectivity index (χ3n) is 7.81. The summed E-state index contributed by atoms with van der Waals surface area (Å²) < 4.78 is 24.5. The van der Waals surface area contributed by atoms with Crippen LogP contribution in [0.5, 0.6) is 17.2 Å². The van der Waals surface area contributed by atoms with Gasteiger partial charge < -0.3 is 18.9 Å². The van der Waals surface area contributed by atoms with E-state index in [1.165, 1.54) is 11.3 Å². The van der Waals surface area contributed by atoms with Crippen LogP contribution in [0.4, 0.5) is 0 Å². The third-order valence-corrected chi connectivity index (χ3v) is 8.79. The van der Waals surface area contributed by atoms with E-state index in [0.29, 0.717) is 49.0 Å². The fourth-order valence-corrected chi connectivity index (χ4v) is 6.50. The normalized spacial score (nSPS) is 14.0. The van der Waals surface area contributed by atoms with Crippen LogP contribution in [0.2, 0.25) is 0 Å². The summed E-state index contributed by atoms with van der Waals surface area (Å²) in [7, 11) is 3.12. The van der Waals surface area contributed by atoms with Crippen molar-refractivity contribution in [2.45, 2.75) is 19.6 Å². The van der Waals surface area contributed by atoms with Gasteiger partial charge in [0, 0.05) is 11.1 Å². The molecule has 2 heterocycles. The predicted octanol–water partition coefficient (Wildman–Crippen LogP) is 5.40. The van der Waals surface area contributed by atoms with Gasteiger partial charge in [-0.1, -0.05) is 78.1 Å². The number of fused-ring (bicyclic) bond motifs is 1. The lowest BCUT2D eigenvalue weighted by molar-refractivity contribution is -0.138. The van der Waals surface area contributed by atoms with E-state index in [2.05, 4.69) is 6.07 Å². The van der Waals surface area contributed by atoms with Gasteiger partial charge in [0.2, 0.25) is 0 Å². The fourth-order valence-electron chi connectivity index (χ4n) is 5.50. The number of carbonyl (C=O) groups is 1. The third kappa shape index (κ3) is 6.36. The van der Waals surface area contributed by atoms with E-state index in [1.807, 2.05) is 60.7 Å². The minimum Gasteiger partial charge on any atom is -0.497 e. The molecule has 0 aliphatic carbocycles. The molecule has 240 valence electrons. The topological polar surface area (TPSA) is 112 Å². The molecule has 0 saturated carbocycles. The molecule has 10 heteroatoms. The molecule has 5 aromatic rings. The summed E-state index contributed by atoms with van der Waals surface area (Å²) >= 11 is 1.23. The summed E-state index contributed by atoms with van der Waals surface area (Å²) in [6.07, 6.45) is 1.77. The number of methoxy groups -OCH3 is 2. The van der Waals surface area contributed by atoms with Crippen LogP contribution in [-0.4, -0.2) is 31.4 Å². The van der Waals surface area contributed by atoms with Gasteiger partial charge >= 0.3 is 5.97 Å². The van der Waals surface area contributed by atoms with Crippen molar-refractivity contribution in [1.82, 2.24) is 4.57 Å². The Morgan fingerprint density at radius 2 is 1.71 bits per heavy atom. The Morgan fingerprint density at radius 1 is 0.958 bits per heavy atom. The van der Waals surface area contributed by atoms with Gasteiger partial charge in [-0.3, -0.25) is 9.36 Å². The number of carbonyl (C=O) groups excluding carboxylic acids is 1. The van der Waals surface area contributed by atoms with Gasteiger partial charge in [-0.2, -0.15) is 5.26 Å². The van der Waals surface area contributed by atoms with E-state index in [9.17, 15) is 14.9 Å². The molecule has 0 radical (unpaired) electrons. The molecule has 0 amide bonds. The van der Waals surface area contributed by atoms with E-state index in [0.717, 1.165) is 11.1 Å². The van der Waals surface area contributed by atoms with Crippen LogP contribution in [0.25, 0.3) is 11.8 Å². The van der Waals surface area contributed by atoms with Crippen LogP contribution in [0.1, 0.15) is 40.8 Å². The predicted molar refractivity (Wildman–Crippen MR) is 183 cm³/mol. The molecular formula is C38H31N3O6S. The maximum absolute atomic E-state index is 14.2. The molecule has 0 spiro atoms. The van der Waals surface area contributed by atoms with Crippen molar-refractivity contribution in [1.29, 1.82) is 5.26 Å². The molecular weight excluding hydrogens is 627 g/mol. The zero-order chi connectivity index (χ0) is 33.6. The number of benzene rings is 4. The number of nitriles is 1. The highest BCUT2D eigenvalue weighted by molar-refractivity contribution is 7.07. The summed E-state index contributed by atoms with van der Waals surface area (Å²) in [4.78, 5) is 33.2. The van der Waals surface area contributed by atoms with Gasteiger partial charge in [-0.15, -0.1) is 0 Å². The van der Waals surface area contributed by atoms with E-state index in [-0.39, 0.29) is 24.3 Å². The van der Waals surface area contributed by atoms with Crippen LogP contribution in [0, 0.1) is 11.3 Å². The Bertz CT molecular complexity index is 2230. The maximum Gasteiger partial charge on any atom is 0.338 e. The van der Waals surface area contributed by atoms with Crippen molar-refractivity contribution in [2.75, 3.05) is 20.8 Å². The maximum atomic E-state index is 14.2. The molecule has 0 unspecified atom stereocenters. The highest BCUT2D eigenvalue weighted by atomic mass is 32.1. The number of ether oxygens (including phenoxy) is 4. The van der Waals surface area contributed by atoms with Gasteiger partial charge in [0.25, 0.3) is 5.56 Å². The lowest BCUT2D eigenvalue weighted by Crippen LogP contribution is -2.40. The molecule has 4 aromatic carbocycles. The summed E-state index contributed by atoms with van der Waals surface area (Å²) in [6, 6.07) is 30.7. The van der Waals surface area contributed by atoms with Crippen LogP contribution < -0.4 is 29.1 Å². The molecule has 0 bridgehead atoms. The van der Waals surface area contributed by atoms with E-state index < -0.39 is 12.0 Å². The largest absolute Gasteiger partial charge is 0.497 e. The molecule has 0 fully saturated rings. The van der Waals surface area contributed by atoms with Crippen molar-refractivity contribution < 1.29 is 23.7 Å². The second kappa shape index (κ2) is 14.2. The first-order chi connectivity index (χ1) is 23.4. The van der Waals surface area contributed by atoms with Crippen LogP contribution in [0.3, 0.4) is 0 Å². The van der Waals surface area contributed by atoms with Crippen LogP contribution in [0.15, 0.2) is 112 Å². The quantitative estimate of drug-likeness (QED) is 0.185. The molecule has 0 saturated heterocycles. The van der Waals surface area contributed by atoms with Crippen molar-refractivity contribution >= 4 is 29.1 Å². The molecule has 6 rings (SSSR count). The highest BCUT2D eigenvalue weighted by Crippen LogP contribution is 2.36. The Kier molecular flexibility index (Phi) is 9.50. The highest BCUT2D eigenvalue weighted by Gasteiger charge is 2.35. The number of nitrogens with zero attached hydrogens (tertiary/aromatic N) is 3. The van der Waals surface area contributed by atoms with Crippen molar-refractivity contribution in [2.24, 2.45) is 4.99 Å². The lowest BCUT2D eigenvalue weighted by Gasteiger charge is -2.26. The zero-order valence-electron chi connectivity index (χ0n) is 26.5. The average molecular weight is 658 g/mol. The molecule has 1 aromatic heterocycles. The number of hydrogen-bond acceptors (Lipinski definition) is 9. The minimum absolute atomic E-state index is 0.163. The average Bonchev–Trinajstić information content (AvgIpc) is 3.44. The van der Waals surface area contributed by atoms with Crippen LogP contribution >= 0.6 is 11.3 Å². The van der Waals surface area contributed by atoms with E-state index in [4.69, 9.17) is 23.9 Å². The molecule has 1 aliphatic heterocycles. The van der Waals surface area contributed by atoms with Crippen LogP contribution in [-0.2, 0) is 16.1 Å². The fraction of sp³-hybridized carbons (Fsp3) is 0.158. The first-order valence-electron chi connectivity index (χ1n) is 15.2. The van der Waals surface area contributed by atoms with Gasteiger partial charge in [0.1, 0.15) is 12.4 Å². The summed E-state index contributed by atoms with van der Waals surface area (Å²) in [6.45, 7) is 2.10. The van der Waals surface area contributed by atoms with Gasteiger partial charge in [-0.05, 0) is 54.5 Å². The van der Waals surface area contributed by atoms with Gasteiger partial charge in [0.15, 0.2) is 16.3 Å². The van der Waals surface area contributed by atoms with Gasteiger partial charge in [-0.25, -0.2) is 9.79 Å².